The van der Waals surface area contributed by atoms with E-state index < -0.39 is 0 Å². The van der Waals surface area contributed by atoms with Gasteiger partial charge >= 0.3 is 0 Å². The SMILES string of the molecule is CC(CN)N(C)c1ccc(Cl)c(Cl)c1. The van der Waals surface area contributed by atoms with Crippen molar-refractivity contribution in [2.75, 3.05) is 18.5 Å². The molecule has 0 radical (unpaired) electrons. The van der Waals surface area contributed by atoms with Crippen LogP contribution in [0.15, 0.2) is 18.2 Å². The Labute approximate surface area is 94.6 Å². The number of hydrogen-bond acceptors (Lipinski definition) is 2. The van der Waals surface area contributed by atoms with Crippen molar-refractivity contribution in [1.29, 1.82) is 0 Å². The Balaban J connectivity index is 2.91. The molecule has 0 aliphatic rings. The van der Waals surface area contributed by atoms with Gasteiger partial charge in [0.25, 0.3) is 0 Å². The maximum atomic E-state index is 5.92. The lowest BCUT2D eigenvalue weighted by Crippen LogP contribution is -2.35. The minimum Gasteiger partial charge on any atom is -0.371 e. The van der Waals surface area contributed by atoms with Crippen LogP contribution in [0.3, 0.4) is 0 Å². The minimum atomic E-state index is 0.284. The van der Waals surface area contributed by atoms with Crippen LogP contribution < -0.4 is 10.6 Å². The van der Waals surface area contributed by atoms with Crippen molar-refractivity contribution >= 4 is 28.9 Å². The second-order valence-corrected chi connectivity index (χ2v) is 4.11. The second-order valence-electron chi connectivity index (χ2n) is 3.29. The lowest BCUT2D eigenvalue weighted by molar-refractivity contribution is 0.695. The fourth-order valence-corrected chi connectivity index (χ4v) is 1.41. The van der Waals surface area contributed by atoms with Gasteiger partial charge in [-0.2, -0.15) is 0 Å². The molecule has 1 rings (SSSR count). The predicted octanol–water partition coefficient (Wildman–Crippen LogP) is 2.78. The van der Waals surface area contributed by atoms with Gasteiger partial charge < -0.3 is 10.6 Å². The summed E-state index contributed by atoms with van der Waals surface area (Å²) in [6, 6.07) is 5.85. The monoisotopic (exact) mass is 232 g/mol. The summed E-state index contributed by atoms with van der Waals surface area (Å²) >= 11 is 11.7. The Morgan fingerprint density at radius 1 is 1.36 bits per heavy atom. The maximum Gasteiger partial charge on any atom is 0.0612 e. The summed E-state index contributed by atoms with van der Waals surface area (Å²) < 4.78 is 0. The van der Waals surface area contributed by atoms with Gasteiger partial charge in [-0.3, -0.25) is 0 Å². The molecule has 0 fully saturated rings. The fraction of sp³-hybridized carbons (Fsp3) is 0.400. The van der Waals surface area contributed by atoms with Crippen molar-refractivity contribution in [3.8, 4) is 0 Å². The first-order chi connectivity index (χ1) is 6.56. The van der Waals surface area contributed by atoms with Crippen LogP contribution in [0.4, 0.5) is 5.69 Å². The summed E-state index contributed by atoms with van der Waals surface area (Å²) in [5.74, 6) is 0. The highest BCUT2D eigenvalue weighted by atomic mass is 35.5. The molecule has 0 aliphatic heterocycles. The van der Waals surface area contributed by atoms with Crippen molar-refractivity contribution in [2.45, 2.75) is 13.0 Å². The predicted molar refractivity (Wildman–Crippen MR) is 63.4 cm³/mol. The topological polar surface area (TPSA) is 29.3 Å². The highest BCUT2D eigenvalue weighted by Gasteiger charge is 2.09. The van der Waals surface area contributed by atoms with Crippen molar-refractivity contribution in [3.05, 3.63) is 28.2 Å². The van der Waals surface area contributed by atoms with E-state index in [2.05, 4.69) is 11.8 Å². The molecule has 0 bridgehead atoms. The largest absolute Gasteiger partial charge is 0.371 e. The Morgan fingerprint density at radius 3 is 2.50 bits per heavy atom. The van der Waals surface area contributed by atoms with Crippen molar-refractivity contribution in [2.24, 2.45) is 5.73 Å². The number of likely N-dealkylation sites (N-methyl/N-ethyl adjacent to an activating group) is 1. The lowest BCUT2D eigenvalue weighted by atomic mass is 10.2. The fourth-order valence-electron chi connectivity index (χ4n) is 1.12. The summed E-state index contributed by atoms with van der Waals surface area (Å²) in [5.41, 5.74) is 6.60. The number of hydrogen-bond donors (Lipinski definition) is 1. The molecule has 78 valence electrons. The number of nitrogens with two attached hydrogens (primary N) is 1. The maximum absolute atomic E-state index is 5.92. The molecule has 2 nitrogen and oxygen atoms in total. The average molecular weight is 233 g/mol. The molecule has 0 spiro atoms. The molecule has 1 aromatic carbocycles. The molecule has 0 heterocycles. The molecule has 2 N–H and O–H groups in total. The van der Waals surface area contributed by atoms with Crippen molar-refractivity contribution < 1.29 is 0 Å². The number of anilines is 1. The van der Waals surface area contributed by atoms with Crippen molar-refractivity contribution in [3.63, 3.8) is 0 Å². The lowest BCUT2D eigenvalue weighted by Gasteiger charge is -2.26. The highest BCUT2D eigenvalue weighted by molar-refractivity contribution is 6.42. The van der Waals surface area contributed by atoms with Gasteiger partial charge in [0, 0.05) is 25.3 Å². The molecule has 1 aromatic rings. The standard InChI is InChI=1S/C10H14Cl2N2/c1-7(6-13)14(2)8-3-4-9(11)10(12)5-8/h3-5,7H,6,13H2,1-2H3. The molecule has 0 saturated carbocycles. The van der Waals surface area contributed by atoms with Crippen LogP contribution in [0, 0.1) is 0 Å². The Bertz CT molecular complexity index is 315. The number of nitrogens with zero attached hydrogens (tertiary/aromatic N) is 1. The molecule has 0 aliphatic carbocycles. The Kier molecular flexibility index (Phi) is 4.05. The first kappa shape index (κ1) is 11.6. The van der Waals surface area contributed by atoms with Gasteiger partial charge in [-0.05, 0) is 25.1 Å². The van der Waals surface area contributed by atoms with Crippen LogP contribution in [-0.2, 0) is 0 Å². The normalized spacial score (nSPS) is 12.6. The van der Waals surface area contributed by atoms with Crippen LogP contribution in [-0.4, -0.2) is 19.6 Å². The van der Waals surface area contributed by atoms with Crippen LogP contribution >= 0.6 is 23.2 Å². The molecule has 4 heteroatoms. The van der Waals surface area contributed by atoms with E-state index in [0.29, 0.717) is 16.6 Å². The van der Waals surface area contributed by atoms with Gasteiger partial charge in [0.05, 0.1) is 10.0 Å². The van der Waals surface area contributed by atoms with E-state index in [1.54, 1.807) is 6.07 Å². The molecular formula is C10H14Cl2N2. The highest BCUT2D eigenvalue weighted by Crippen LogP contribution is 2.27. The quantitative estimate of drug-likeness (QED) is 0.869. The van der Waals surface area contributed by atoms with E-state index in [0.717, 1.165) is 5.69 Å². The first-order valence-electron chi connectivity index (χ1n) is 4.44. The second kappa shape index (κ2) is 4.87. The van der Waals surface area contributed by atoms with Gasteiger partial charge in [0.2, 0.25) is 0 Å². The molecule has 1 atom stereocenters. The van der Waals surface area contributed by atoms with E-state index >= 15 is 0 Å². The summed E-state index contributed by atoms with van der Waals surface area (Å²) in [7, 11) is 1.98. The first-order valence-corrected chi connectivity index (χ1v) is 5.19. The third kappa shape index (κ3) is 2.53. The summed E-state index contributed by atoms with van der Waals surface area (Å²) in [5, 5.41) is 1.14. The number of halogens is 2. The summed E-state index contributed by atoms with van der Waals surface area (Å²) in [4.78, 5) is 2.07. The smallest absolute Gasteiger partial charge is 0.0612 e. The van der Waals surface area contributed by atoms with Gasteiger partial charge in [0.1, 0.15) is 0 Å². The molecular weight excluding hydrogens is 219 g/mol. The van der Waals surface area contributed by atoms with Crippen LogP contribution in [0.1, 0.15) is 6.92 Å². The zero-order valence-electron chi connectivity index (χ0n) is 8.30. The molecule has 0 amide bonds. The molecule has 1 unspecified atom stereocenters. The van der Waals surface area contributed by atoms with Crippen LogP contribution in [0.5, 0.6) is 0 Å². The minimum absolute atomic E-state index is 0.284. The van der Waals surface area contributed by atoms with Crippen LogP contribution in [0.2, 0.25) is 10.0 Å². The molecule has 0 saturated heterocycles. The van der Waals surface area contributed by atoms with E-state index in [1.807, 2.05) is 19.2 Å². The number of rotatable bonds is 3. The van der Waals surface area contributed by atoms with Gasteiger partial charge in [-0.1, -0.05) is 23.2 Å². The van der Waals surface area contributed by atoms with E-state index in [9.17, 15) is 0 Å². The summed E-state index contributed by atoms with van der Waals surface area (Å²) in [6.07, 6.45) is 0. The third-order valence-electron chi connectivity index (χ3n) is 2.31. The van der Waals surface area contributed by atoms with Crippen molar-refractivity contribution in [1.82, 2.24) is 0 Å². The van der Waals surface area contributed by atoms with Gasteiger partial charge in [-0.15, -0.1) is 0 Å². The van der Waals surface area contributed by atoms with Crippen LogP contribution in [0.25, 0.3) is 0 Å². The van der Waals surface area contributed by atoms with Gasteiger partial charge in [0.15, 0.2) is 0 Å². The number of benzene rings is 1. The van der Waals surface area contributed by atoms with E-state index in [1.165, 1.54) is 0 Å². The Morgan fingerprint density at radius 2 is 2.00 bits per heavy atom. The molecule has 14 heavy (non-hydrogen) atoms. The van der Waals surface area contributed by atoms with Gasteiger partial charge in [-0.25, -0.2) is 0 Å². The Hall–Kier alpha value is -0.440. The third-order valence-corrected chi connectivity index (χ3v) is 3.05. The molecule has 0 aromatic heterocycles. The zero-order chi connectivity index (χ0) is 10.7. The average Bonchev–Trinajstić information content (AvgIpc) is 2.20. The van der Waals surface area contributed by atoms with E-state index in [4.69, 9.17) is 28.9 Å². The summed E-state index contributed by atoms with van der Waals surface area (Å²) in [6.45, 7) is 2.67. The van der Waals surface area contributed by atoms with E-state index in [-0.39, 0.29) is 6.04 Å². The zero-order valence-corrected chi connectivity index (χ0v) is 9.81.